The molecule has 100 valence electrons. The normalized spacial score (nSPS) is 17.2. The summed E-state index contributed by atoms with van der Waals surface area (Å²) >= 11 is 0. The zero-order chi connectivity index (χ0) is 13.5. The minimum atomic E-state index is -0.578. The zero-order valence-electron chi connectivity index (χ0n) is 10.8. The highest BCUT2D eigenvalue weighted by atomic mass is 16.3. The van der Waals surface area contributed by atoms with Crippen LogP contribution in [0.3, 0.4) is 0 Å². The molecule has 1 saturated carbocycles. The Balaban J connectivity index is 1.90. The number of carbonyl (C=O) groups excluding carboxylic acids is 1. The molecule has 1 N–H and O–H groups in total. The number of aliphatic hydroxyl groups is 1. The van der Waals surface area contributed by atoms with Crippen LogP contribution in [-0.2, 0) is 4.79 Å². The molecule has 0 atom stereocenters. The summed E-state index contributed by atoms with van der Waals surface area (Å²) in [5.74, 6) is -0.0277. The van der Waals surface area contributed by atoms with Gasteiger partial charge in [-0.2, -0.15) is 0 Å². The Morgan fingerprint density at radius 1 is 1.53 bits per heavy atom. The van der Waals surface area contributed by atoms with E-state index in [2.05, 4.69) is 4.98 Å². The molecular weight excluding hydrogens is 244 g/mol. The van der Waals surface area contributed by atoms with Crippen molar-refractivity contribution < 1.29 is 14.3 Å². The van der Waals surface area contributed by atoms with Gasteiger partial charge in [-0.3, -0.25) is 4.79 Å². The third-order valence-corrected chi connectivity index (χ3v) is 4.07. The molecule has 2 aromatic rings. The van der Waals surface area contributed by atoms with E-state index in [1.54, 1.807) is 18.0 Å². The van der Waals surface area contributed by atoms with Gasteiger partial charge in [0, 0.05) is 18.8 Å². The first-order chi connectivity index (χ1) is 9.16. The monoisotopic (exact) mass is 260 g/mol. The summed E-state index contributed by atoms with van der Waals surface area (Å²) in [5.41, 5.74) is 1.60. The molecule has 1 aliphatic carbocycles. The molecule has 5 heteroatoms. The van der Waals surface area contributed by atoms with Gasteiger partial charge in [0.15, 0.2) is 12.0 Å². The maximum atomic E-state index is 12.5. The van der Waals surface area contributed by atoms with E-state index in [9.17, 15) is 9.90 Å². The standard InChI is InChI=1S/C14H16N2O3/c1-16(13(18)14(8-17)5-2-6-14)10-3-4-11-12(7-10)19-9-15-11/h3-4,7,9,17H,2,5-6,8H2,1H3. The van der Waals surface area contributed by atoms with E-state index in [0.717, 1.165) is 30.5 Å². The van der Waals surface area contributed by atoms with Gasteiger partial charge in [0.25, 0.3) is 0 Å². The molecule has 3 rings (SSSR count). The van der Waals surface area contributed by atoms with Gasteiger partial charge in [-0.1, -0.05) is 6.42 Å². The molecule has 1 aromatic heterocycles. The number of aromatic nitrogens is 1. The molecule has 0 bridgehead atoms. The third-order valence-electron chi connectivity index (χ3n) is 4.07. The number of oxazole rings is 1. The Morgan fingerprint density at radius 3 is 2.95 bits per heavy atom. The predicted octanol–water partition coefficient (Wildman–Crippen LogP) is 1.95. The maximum absolute atomic E-state index is 12.5. The molecule has 19 heavy (non-hydrogen) atoms. The molecule has 0 aliphatic heterocycles. The third kappa shape index (κ3) is 1.81. The number of nitrogens with zero attached hydrogens (tertiary/aromatic N) is 2. The lowest BCUT2D eigenvalue weighted by molar-refractivity contribution is -0.136. The van der Waals surface area contributed by atoms with Gasteiger partial charge >= 0.3 is 0 Å². The number of benzene rings is 1. The number of carbonyl (C=O) groups is 1. The number of amides is 1. The molecule has 0 radical (unpaired) electrons. The molecule has 5 nitrogen and oxygen atoms in total. The van der Waals surface area contributed by atoms with E-state index in [0.29, 0.717) is 5.58 Å². The quantitative estimate of drug-likeness (QED) is 0.916. The van der Waals surface area contributed by atoms with Gasteiger partial charge < -0.3 is 14.4 Å². The summed E-state index contributed by atoms with van der Waals surface area (Å²) in [5, 5.41) is 9.47. The number of hydrogen-bond donors (Lipinski definition) is 1. The number of rotatable bonds is 3. The van der Waals surface area contributed by atoms with Gasteiger partial charge in [0.1, 0.15) is 5.52 Å². The number of anilines is 1. The minimum absolute atomic E-state index is 0.0277. The fourth-order valence-corrected chi connectivity index (χ4v) is 2.57. The molecule has 0 saturated heterocycles. The van der Waals surface area contributed by atoms with E-state index in [1.165, 1.54) is 6.39 Å². The maximum Gasteiger partial charge on any atom is 0.235 e. The van der Waals surface area contributed by atoms with Crippen LogP contribution >= 0.6 is 0 Å². The van der Waals surface area contributed by atoms with Crippen LogP contribution in [0.15, 0.2) is 29.0 Å². The molecule has 1 fully saturated rings. The van der Waals surface area contributed by atoms with E-state index in [1.807, 2.05) is 12.1 Å². The van der Waals surface area contributed by atoms with Gasteiger partial charge in [0.2, 0.25) is 5.91 Å². The van der Waals surface area contributed by atoms with Crippen molar-refractivity contribution in [3.05, 3.63) is 24.6 Å². The SMILES string of the molecule is CN(C(=O)C1(CO)CCC1)c1ccc2ncoc2c1. The second-order valence-electron chi connectivity index (χ2n) is 5.16. The number of hydrogen-bond acceptors (Lipinski definition) is 4. The van der Waals surface area contributed by atoms with Crippen LogP contribution in [0.5, 0.6) is 0 Å². The van der Waals surface area contributed by atoms with Crippen molar-refractivity contribution >= 4 is 22.7 Å². The van der Waals surface area contributed by atoms with Crippen LogP contribution in [0, 0.1) is 5.41 Å². The summed E-state index contributed by atoms with van der Waals surface area (Å²) in [7, 11) is 1.73. The van der Waals surface area contributed by atoms with E-state index in [4.69, 9.17) is 4.42 Å². The highest BCUT2D eigenvalue weighted by Gasteiger charge is 2.45. The van der Waals surface area contributed by atoms with Crippen molar-refractivity contribution in [1.82, 2.24) is 4.98 Å². The number of aliphatic hydroxyl groups excluding tert-OH is 1. The zero-order valence-corrected chi connectivity index (χ0v) is 10.8. The molecule has 1 aromatic carbocycles. The van der Waals surface area contributed by atoms with Crippen LogP contribution in [0.4, 0.5) is 5.69 Å². The van der Waals surface area contributed by atoms with Crippen molar-refractivity contribution in [2.24, 2.45) is 5.41 Å². The lowest BCUT2D eigenvalue weighted by Crippen LogP contribution is -2.49. The van der Waals surface area contributed by atoms with E-state index >= 15 is 0 Å². The highest BCUT2D eigenvalue weighted by Crippen LogP contribution is 2.42. The number of fused-ring (bicyclic) bond motifs is 1. The lowest BCUT2D eigenvalue weighted by Gasteiger charge is -2.41. The van der Waals surface area contributed by atoms with Crippen molar-refractivity contribution in [1.29, 1.82) is 0 Å². The summed E-state index contributed by atoms with van der Waals surface area (Å²) in [6.45, 7) is -0.0826. The lowest BCUT2D eigenvalue weighted by atomic mass is 9.68. The minimum Gasteiger partial charge on any atom is -0.443 e. The van der Waals surface area contributed by atoms with Gasteiger partial charge in [0.05, 0.1) is 12.0 Å². The van der Waals surface area contributed by atoms with Crippen LogP contribution in [0.1, 0.15) is 19.3 Å². The summed E-state index contributed by atoms with van der Waals surface area (Å²) in [6, 6.07) is 5.46. The smallest absolute Gasteiger partial charge is 0.235 e. The average Bonchev–Trinajstić information content (AvgIpc) is 2.84. The Kier molecular flexibility index (Phi) is 2.78. The molecule has 1 amide bonds. The van der Waals surface area contributed by atoms with Crippen molar-refractivity contribution in [3.63, 3.8) is 0 Å². The molecule has 0 spiro atoms. The Hall–Kier alpha value is -1.88. The topological polar surface area (TPSA) is 66.6 Å². The molecule has 0 unspecified atom stereocenters. The predicted molar refractivity (Wildman–Crippen MR) is 70.8 cm³/mol. The van der Waals surface area contributed by atoms with Crippen LogP contribution in [-0.4, -0.2) is 29.7 Å². The van der Waals surface area contributed by atoms with Gasteiger partial charge in [-0.25, -0.2) is 4.98 Å². The van der Waals surface area contributed by atoms with Gasteiger partial charge in [-0.05, 0) is 25.0 Å². The van der Waals surface area contributed by atoms with Gasteiger partial charge in [-0.15, -0.1) is 0 Å². The van der Waals surface area contributed by atoms with Crippen molar-refractivity contribution in [3.8, 4) is 0 Å². The Labute approximate surface area is 110 Å². The summed E-state index contributed by atoms with van der Waals surface area (Å²) < 4.78 is 5.24. The summed E-state index contributed by atoms with van der Waals surface area (Å²) in [6.07, 6.45) is 3.91. The first-order valence-corrected chi connectivity index (χ1v) is 6.39. The first kappa shape index (κ1) is 12.2. The molecular formula is C14H16N2O3. The molecule has 1 heterocycles. The largest absolute Gasteiger partial charge is 0.443 e. The second kappa shape index (κ2) is 4.35. The fourth-order valence-electron chi connectivity index (χ4n) is 2.57. The summed E-state index contributed by atoms with van der Waals surface area (Å²) in [4.78, 5) is 18.1. The van der Waals surface area contributed by atoms with E-state index in [-0.39, 0.29) is 12.5 Å². The van der Waals surface area contributed by atoms with Crippen LogP contribution in [0.25, 0.3) is 11.1 Å². The highest BCUT2D eigenvalue weighted by molar-refractivity contribution is 5.99. The van der Waals surface area contributed by atoms with Crippen molar-refractivity contribution in [2.45, 2.75) is 19.3 Å². The van der Waals surface area contributed by atoms with Crippen molar-refractivity contribution in [2.75, 3.05) is 18.6 Å². The first-order valence-electron chi connectivity index (χ1n) is 6.39. The second-order valence-corrected chi connectivity index (χ2v) is 5.16. The Bertz CT molecular complexity index is 610. The van der Waals surface area contributed by atoms with E-state index < -0.39 is 5.41 Å². The van der Waals surface area contributed by atoms with Crippen LogP contribution < -0.4 is 4.90 Å². The fraction of sp³-hybridized carbons (Fsp3) is 0.429. The molecule has 1 aliphatic rings. The van der Waals surface area contributed by atoms with Crippen LogP contribution in [0.2, 0.25) is 0 Å². The average molecular weight is 260 g/mol. The Morgan fingerprint density at radius 2 is 2.32 bits per heavy atom.